The van der Waals surface area contributed by atoms with Gasteiger partial charge in [0.25, 0.3) is 0 Å². The summed E-state index contributed by atoms with van der Waals surface area (Å²) in [5.74, 6) is 2.24. The van der Waals surface area contributed by atoms with Crippen molar-refractivity contribution in [2.24, 2.45) is 11.3 Å². The van der Waals surface area contributed by atoms with Crippen molar-refractivity contribution >= 4 is 12.6 Å². The molecule has 3 aliphatic rings. The van der Waals surface area contributed by atoms with Crippen molar-refractivity contribution < 1.29 is 0 Å². The van der Waals surface area contributed by atoms with Crippen LogP contribution < -0.4 is 0 Å². The van der Waals surface area contributed by atoms with Crippen LogP contribution in [0.2, 0.25) is 0 Å². The highest BCUT2D eigenvalue weighted by molar-refractivity contribution is 7.80. The van der Waals surface area contributed by atoms with Crippen LogP contribution in [0.1, 0.15) is 38.5 Å². The molecule has 0 spiro atoms. The topological polar surface area (TPSA) is 0 Å². The third-order valence-electron chi connectivity index (χ3n) is 3.58. The van der Waals surface area contributed by atoms with Gasteiger partial charge in [0.05, 0.1) is 0 Å². The smallest absolute Gasteiger partial charge is 0.00412 e. The van der Waals surface area contributed by atoms with Gasteiger partial charge in [0, 0.05) is 0 Å². The maximum Gasteiger partial charge on any atom is -0.00412 e. The van der Waals surface area contributed by atoms with E-state index in [2.05, 4.69) is 12.6 Å². The molecule has 0 radical (unpaired) electrons. The third-order valence-corrected chi connectivity index (χ3v) is 4.25. The van der Waals surface area contributed by atoms with Crippen LogP contribution in [0.25, 0.3) is 0 Å². The Hall–Kier alpha value is 0.350. The fourth-order valence-corrected chi connectivity index (χ4v) is 3.05. The van der Waals surface area contributed by atoms with Gasteiger partial charge in [-0.1, -0.05) is 0 Å². The van der Waals surface area contributed by atoms with Crippen LogP contribution in [0, 0.1) is 11.3 Å². The largest absolute Gasteiger partial charge is 0.179 e. The van der Waals surface area contributed by atoms with Crippen LogP contribution >= 0.6 is 12.6 Å². The van der Waals surface area contributed by atoms with Gasteiger partial charge in [-0.15, -0.1) is 0 Å². The number of hydrogen-bond acceptors (Lipinski definition) is 1. The minimum Gasteiger partial charge on any atom is -0.179 e. The van der Waals surface area contributed by atoms with Gasteiger partial charge in [0.15, 0.2) is 0 Å². The molecule has 0 amide bonds. The second-order valence-corrected chi connectivity index (χ2v) is 4.46. The molecule has 3 fully saturated rings. The Balaban J connectivity index is 2.08. The highest BCUT2D eigenvalue weighted by Crippen LogP contribution is 2.50. The van der Waals surface area contributed by atoms with E-state index in [1.165, 1.54) is 38.5 Å². The Bertz CT molecular complexity index is 109. The summed E-state index contributed by atoms with van der Waals surface area (Å²) in [7, 11) is 0. The fraction of sp³-hybridized carbons (Fsp3) is 1.00. The van der Waals surface area contributed by atoms with E-state index in [9.17, 15) is 0 Å². The molecule has 0 nitrogen and oxygen atoms in total. The first-order chi connectivity index (χ1) is 4.85. The van der Waals surface area contributed by atoms with Gasteiger partial charge in [-0.05, 0) is 55.6 Å². The summed E-state index contributed by atoms with van der Waals surface area (Å²) in [4.78, 5) is 0. The molecule has 3 aliphatic carbocycles. The lowest BCUT2D eigenvalue weighted by molar-refractivity contribution is 0.0881. The van der Waals surface area contributed by atoms with Gasteiger partial charge in [-0.3, -0.25) is 0 Å². The summed E-state index contributed by atoms with van der Waals surface area (Å²) in [6, 6.07) is 0. The van der Waals surface area contributed by atoms with Crippen LogP contribution in [-0.2, 0) is 0 Å². The summed E-state index contributed by atoms with van der Waals surface area (Å²) in [5, 5.41) is 0. The Morgan fingerprint density at radius 1 is 1.10 bits per heavy atom. The zero-order chi connectivity index (χ0) is 7.03. The van der Waals surface area contributed by atoms with E-state index < -0.39 is 0 Å². The molecular weight excluding hydrogens is 140 g/mol. The first kappa shape index (κ1) is 7.02. The van der Waals surface area contributed by atoms with Gasteiger partial charge < -0.3 is 0 Å². The first-order valence-corrected chi connectivity index (χ1v) is 5.09. The predicted octanol–water partition coefficient (Wildman–Crippen LogP) is 2.89. The van der Waals surface area contributed by atoms with E-state index in [1.54, 1.807) is 0 Å². The summed E-state index contributed by atoms with van der Waals surface area (Å²) in [6.07, 6.45) is 8.92. The quantitative estimate of drug-likeness (QED) is 0.554. The molecule has 3 saturated carbocycles. The lowest BCUT2D eigenvalue weighted by atomic mass is 9.62. The van der Waals surface area contributed by atoms with Crippen LogP contribution in [-0.4, -0.2) is 5.75 Å². The standard InChI is InChI=1S/C9H16S/c10-7-9-4-1-8(2-5-9)3-6-9/h8,10H,1-7H2. The maximum atomic E-state index is 4.45. The second kappa shape index (κ2) is 2.44. The summed E-state index contributed by atoms with van der Waals surface area (Å²) in [6.45, 7) is 0. The number of rotatable bonds is 1. The Morgan fingerprint density at radius 2 is 1.60 bits per heavy atom. The van der Waals surface area contributed by atoms with Gasteiger partial charge in [0.2, 0.25) is 0 Å². The van der Waals surface area contributed by atoms with Crippen molar-refractivity contribution in [3.05, 3.63) is 0 Å². The molecule has 0 heterocycles. The molecule has 0 N–H and O–H groups in total. The van der Waals surface area contributed by atoms with Crippen LogP contribution in [0.15, 0.2) is 0 Å². The van der Waals surface area contributed by atoms with Crippen molar-refractivity contribution in [2.45, 2.75) is 38.5 Å². The minimum atomic E-state index is 0.692. The second-order valence-electron chi connectivity index (χ2n) is 4.14. The summed E-state index contributed by atoms with van der Waals surface area (Å²) < 4.78 is 0. The van der Waals surface area contributed by atoms with Crippen molar-refractivity contribution in [2.75, 3.05) is 5.75 Å². The Morgan fingerprint density at radius 3 is 1.90 bits per heavy atom. The van der Waals surface area contributed by atoms with Crippen molar-refractivity contribution in [3.63, 3.8) is 0 Å². The van der Waals surface area contributed by atoms with Gasteiger partial charge in [0.1, 0.15) is 0 Å². The molecule has 0 atom stereocenters. The van der Waals surface area contributed by atoms with Crippen LogP contribution in [0.4, 0.5) is 0 Å². The van der Waals surface area contributed by atoms with Crippen molar-refractivity contribution in [1.82, 2.24) is 0 Å². The highest BCUT2D eigenvalue weighted by atomic mass is 32.1. The monoisotopic (exact) mass is 156 g/mol. The van der Waals surface area contributed by atoms with Crippen LogP contribution in [0.5, 0.6) is 0 Å². The predicted molar refractivity (Wildman–Crippen MR) is 47.5 cm³/mol. The summed E-state index contributed by atoms with van der Waals surface area (Å²) >= 11 is 4.45. The number of fused-ring (bicyclic) bond motifs is 3. The van der Waals surface area contributed by atoms with Crippen molar-refractivity contribution in [3.8, 4) is 0 Å². The average Bonchev–Trinajstić information content (AvgIpc) is 2.08. The fourth-order valence-electron chi connectivity index (χ4n) is 2.58. The van der Waals surface area contributed by atoms with Crippen LogP contribution in [0.3, 0.4) is 0 Å². The van der Waals surface area contributed by atoms with E-state index in [0.29, 0.717) is 5.41 Å². The third kappa shape index (κ3) is 0.990. The van der Waals surface area contributed by atoms with E-state index in [1.807, 2.05) is 0 Å². The molecule has 58 valence electrons. The van der Waals surface area contributed by atoms with E-state index >= 15 is 0 Å². The average molecular weight is 156 g/mol. The molecule has 0 aliphatic heterocycles. The zero-order valence-electron chi connectivity index (χ0n) is 6.47. The SMILES string of the molecule is SCC12CCC(CC1)CC2. The molecule has 0 aromatic rings. The number of thiol groups is 1. The first-order valence-electron chi connectivity index (χ1n) is 4.46. The molecular formula is C9H16S. The molecule has 0 unspecified atom stereocenters. The molecule has 1 heteroatoms. The van der Waals surface area contributed by atoms with Gasteiger partial charge in [-0.2, -0.15) is 12.6 Å². The van der Waals surface area contributed by atoms with Gasteiger partial charge in [-0.25, -0.2) is 0 Å². The maximum absolute atomic E-state index is 4.45. The lowest BCUT2D eigenvalue weighted by Gasteiger charge is -2.45. The van der Waals surface area contributed by atoms with E-state index in [-0.39, 0.29) is 0 Å². The normalized spacial score (nSPS) is 45.9. The Labute approximate surface area is 68.8 Å². The van der Waals surface area contributed by atoms with E-state index in [4.69, 9.17) is 0 Å². The highest BCUT2D eigenvalue weighted by Gasteiger charge is 2.38. The summed E-state index contributed by atoms with van der Waals surface area (Å²) in [5.41, 5.74) is 0.692. The molecule has 0 aromatic heterocycles. The zero-order valence-corrected chi connectivity index (χ0v) is 7.37. The van der Waals surface area contributed by atoms with E-state index in [0.717, 1.165) is 11.7 Å². The molecule has 2 bridgehead atoms. The van der Waals surface area contributed by atoms with Gasteiger partial charge >= 0.3 is 0 Å². The molecule has 0 saturated heterocycles. The Kier molecular flexibility index (Phi) is 1.71. The van der Waals surface area contributed by atoms with Crippen molar-refractivity contribution in [1.29, 1.82) is 0 Å². The molecule has 10 heavy (non-hydrogen) atoms. The molecule has 3 rings (SSSR count). The number of hydrogen-bond donors (Lipinski definition) is 1. The molecule has 0 aromatic carbocycles. The lowest BCUT2D eigenvalue weighted by Crippen LogP contribution is -2.35. The minimum absolute atomic E-state index is 0.692.